The van der Waals surface area contributed by atoms with Gasteiger partial charge in [-0.25, -0.2) is 43.7 Å². The van der Waals surface area contributed by atoms with Crippen LogP contribution in [0.3, 0.4) is 0 Å². The number of hydrogen-bond acceptors (Lipinski definition) is 15. The molecule has 0 aliphatic heterocycles. The molecule has 21 heteroatoms. The summed E-state index contributed by atoms with van der Waals surface area (Å²) >= 11 is 0. The Kier molecular flexibility index (Phi) is 27.7. The molecular weight excluding hydrogens is 1070 g/mol. The molecule has 0 saturated heterocycles. The van der Waals surface area contributed by atoms with Crippen LogP contribution in [0.1, 0.15) is 95.7 Å². The Morgan fingerprint density at radius 2 is 0.393 bits per heavy atom. The summed E-state index contributed by atoms with van der Waals surface area (Å²) in [4.78, 5) is 85.3. The van der Waals surface area contributed by atoms with E-state index in [0.717, 1.165) is 33.4 Å². The first kappa shape index (κ1) is 66.5. The standard InChI is InChI=1S/3C21H25N3O4/c3*1-21(2,3)24-18(22-19(25)27-14-16-10-6-4-7-11-16)23-20(26)28-15-17-12-8-5-9-13-17/h3*4-13H,14-15H2,1-3H3,(H2,22,23,24,25,26). The zero-order chi connectivity index (χ0) is 61.2. The van der Waals surface area contributed by atoms with Gasteiger partial charge in [0, 0.05) is 0 Å². The molecule has 21 nitrogen and oxygen atoms in total. The Hall–Kier alpha value is -10.1. The third-order valence-corrected chi connectivity index (χ3v) is 9.94. The van der Waals surface area contributed by atoms with Crippen molar-refractivity contribution in [1.82, 2.24) is 31.9 Å². The van der Waals surface area contributed by atoms with Crippen LogP contribution in [-0.2, 0) is 68.1 Å². The molecule has 0 aromatic heterocycles. The summed E-state index contributed by atoms with van der Waals surface area (Å²) in [7, 11) is 0. The van der Waals surface area contributed by atoms with Gasteiger partial charge in [0.15, 0.2) is 0 Å². The molecule has 0 fully saturated rings. The van der Waals surface area contributed by atoms with Crippen LogP contribution < -0.4 is 31.9 Å². The maximum absolute atomic E-state index is 12.1. The Morgan fingerprint density at radius 3 is 0.512 bits per heavy atom. The number of carbonyl (C=O) groups excluding carboxylic acids is 6. The predicted octanol–water partition coefficient (Wildman–Crippen LogP) is 12.0. The van der Waals surface area contributed by atoms with Gasteiger partial charge >= 0.3 is 36.6 Å². The van der Waals surface area contributed by atoms with E-state index in [1.54, 1.807) is 0 Å². The number of guanidine groups is 3. The Bertz CT molecular complexity index is 2550. The third-order valence-electron chi connectivity index (χ3n) is 9.94. The molecular formula is C63H75N9O12. The molecule has 0 aliphatic carbocycles. The van der Waals surface area contributed by atoms with Gasteiger partial charge < -0.3 is 28.4 Å². The van der Waals surface area contributed by atoms with Crippen LogP contribution >= 0.6 is 0 Å². The summed E-state index contributed by atoms with van der Waals surface area (Å²) in [5.74, 6) is -0.115. The van der Waals surface area contributed by atoms with Gasteiger partial charge in [-0.15, -0.1) is 0 Å². The van der Waals surface area contributed by atoms with E-state index in [2.05, 4.69) is 46.9 Å². The van der Waals surface area contributed by atoms with Gasteiger partial charge in [0.05, 0.1) is 16.6 Å². The summed E-state index contributed by atoms with van der Waals surface area (Å²) in [5.41, 5.74) is 3.50. The molecule has 0 spiro atoms. The minimum Gasteiger partial charge on any atom is -0.444 e. The number of carbonyl (C=O) groups is 6. The molecule has 6 aromatic carbocycles. The summed E-state index contributed by atoms with van der Waals surface area (Å²) in [6.07, 6.45) is -4.36. The first-order valence-corrected chi connectivity index (χ1v) is 26.6. The molecule has 0 bridgehead atoms. The smallest absolute Gasteiger partial charge is 0.414 e. The lowest BCUT2D eigenvalue weighted by molar-refractivity contribution is 0.140. The molecule has 6 aromatic rings. The topological polar surface area (TPSA) is 267 Å². The van der Waals surface area contributed by atoms with Crippen LogP contribution in [0, 0.1) is 0 Å². The lowest BCUT2D eigenvalue weighted by Crippen LogP contribution is -2.45. The quantitative estimate of drug-likeness (QED) is 0.0379. The molecule has 84 heavy (non-hydrogen) atoms. The average Bonchev–Trinajstić information content (AvgIpc) is 3.51. The number of aliphatic imine (C=N–C) groups is 3. The summed E-state index contributed by atoms with van der Waals surface area (Å²) in [6.45, 7) is 17.1. The van der Waals surface area contributed by atoms with E-state index in [9.17, 15) is 28.8 Å². The highest BCUT2D eigenvalue weighted by Gasteiger charge is 2.20. The number of benzene rings is 6. The van der Waals surface area contributed by atoms with Gasteiger partial charge in [-0.3, -0.25) is 31.9 Å². The van der Waals surface area contributed by atoms with E-state index in [-0.39, 0.29) is 57.5 Å². The number of rotatable bonds is 12. The summed E-state index contributed by atoms with van der Waals surface area (Å²) in [6, 6.07) is 55.6. The maximum atomic E-state index is 12.1. The maximum Gasteiger partial charge on any atom is 0.414 e. The largest absolute Gasteiger partial charge is 0.444 e. The van der Waals surface area contributed by atoms with E-state index in [0.29, 0.717) is 0 Å². The van der Waals surface area contributed by atoms with Gasteiger partial charge in [-0.05, 0) is 95.7 Å². The number of alkyl carbamates (subject to hydrolysis) is 6. The molecule has 6 amide bonds. The fourth-order valence-electron chi connectivity index (χ4n) is 6.40. The molecule has 0 atom stereocenters. The zero-order valence-corrected chi connectivity index (χ0v) is 48.8. The van der Waals surface area contributed by atoms with Gasteiger partial charge in [0.1, 0.15) is 39.6 Å². The second-order valence-electron chi connectivity index (χ2n) is 21.0. The van der Waals surface area contributed by atoms with Crippen molar-refractivity contribution >= 4 is 54.4 Å². The number of nitrogens with one attached hydrogen (secondary N) is 6. The van der Waals surface area contributed by atoms with Crippen molar-refractivity contribution in [3.05, 3.63) is 215 Å². The Morgan fingerprint density at radius 1 is 0.262 bits per heavy atom. The second-order valence-corrected chi connectivity index (χ2v) is 21.0. The fraction of sp³-hybridized carbons (Fsp3) is 0.286. The van der Waals surface area contributed by atoms with Crippen LogP contribution in [0.15, 0.2) is 197 Å². The predicted molar refractivity (Wildman–Crippen MR) is 320 cm³/mol. The number of ether oxygens (including phenoxy) is 6. The normalized spacial score (nSPS) is 10.5. The highest BCUT2D eigenvalue weighted by atomic mass is 16.6. The summed E-state index contributed by atoms with van der Waals surface area (Å²) < 4.78 is 31.0. The van der Waals surface area contributed by atoms with E-state index >= 15 is 0 Å². The van der Waals surface area contributed by atoms with Gasteiger partial charge in [-0.1, -0.05) is 182 Å². The van der Waals surface area contributed by atoms with Crippen LogP contribution in [0.5, 0.6) is 0 Å². The van der Waals surface area contributed by atoms with Crippen LogP contribution in [0.4, 0.5) is 28.8 Å². The number of hydrogen-bond donors (Lipinski definition) is 6. The van der Waals surface area contributed by atoms with Crippen molar-refractivity contribution in [2.75, 3.05) is 0 Å². The van der Waals surface area contributed by atoms with Gasteiger partial charge in [-0.2, -0.15) is 0 Å². The van der Waals surface area contributed by atoms with Crippen molar-refractivity contribution in [1.29, 1.82) is 0 Å². The highest BCUT2D eigenvalue weighted by molar-refractivity contribution is 6.03. The van der Waals surface area contributed by atoms with Crippen molar-refractivity contribution in [3.8, 4) is 0 Å². The highest BCUT2D eigenvalue weighted by Crippen LogP contribution is 2.11. The van der Waals surface area contributed by atoms with E-state index in [4.69, 9.17) is 28.4 Å². The summed E-state index contributed by atoms with van der Waals surface area (Å²) in [5, 5.41) is 14.7. The van der Waals surface area contributed by atoms with Crippen molar-refractivity contribution in [3.63, 3.8) is 0 Å². The van der Waals surface area contributed by atoms with Gasteiger partial charge in [0.25, 0.3) is 0 Å². The second kappa shape index (κ2) is 34.9. The fourth-order valence-corrected chi connectivity index (χ4v) is 6.40. The minimum absolute atomic E-state index is 0.0383. The third kappa shape index (κ3) is 31.7. The van der Waals surface area contributed by atoms with Crippen molar-refractivity contribution < 1.29 is 57.2 Å². The van der Waals surface area contributed by atoms with Crippen molar-refractivity contribution in [2.24, 2.45) is 15.0 Å². The molecule has 0 heterocycles. The van der Waals surface area contributed by atoms with Crippen LogP contribution in [0.25, 0.3) is 0 Å². The molecule has 444 valence electrons. The lowest BCUT2D eigenvalue weighted by atomic mass is 10.1. The molecule has 6 N–H and O–H groups in total. The first-order valence-electron chi connectivity index (χ1n) is 26.6. The molecule has 0 saturated carbocycles. The van der Waals surface area contributed by atoms with E-state index in [1.807, 2.05) is 244 Å². The Labute approximate surface area is 490 Å². The zero-order valence-electron chi connectivity index (χ0n) is 48.8. The van der Waals surface area contributed by atoms with Crippen LogP contribution in [-0.4, -0.2) is 71.1 Å². The molecule has 0 unspecified atom stereocenters. The first-order chi connectivity index (χ1) is 39.9. The number of nitrogens with zero attached hydrogens (tertiary/aromatic N) is 3. The van der Waals surface area contributed by atoms with E-state index in [1.165, 1.54) is 0 Å². The van der Waals surface area contributed by atoms with Crippen molar-refractivity contribution in [2.45, 2.75) is 119 Å². The van der Waals surface area contributed by atoms with E-state index < -0.39 is 53.2 Å². The minimum atomic E-state index is -0.727. The molecule has 6 rings (SSSR count). The van der Waals surface area contributed by atoms with Gasteiger partial charge in [0.2, 0.25) is 17.9 Å². The molecule has 0 aliphatic rings. The lowest BCUT2D eigenvalue weighted by Gasteiger charge is -2.17. The average molecular weight is 1150 g/mol. The SMILES string of the molecule is CC(C)(C)N=C(NC(=O)OCc1ccccc1)NC(=O)OCc1ccccc1.CC(C)(C)N=C(NC(=O)OCc1ccccc1)NC(=O)OCc1ccccc1.CC(C)(C)N=C(NC(=O)OCc1ccccc1)NC(=O)OCc1ccccc1. The molecule has 0 radical (unpaired) electrons. The monoisotopic (exact) mass is 1150 g/mol. The van der Waals surface area contributed by atoms with Crippen LogP contribution in [0.2, 0.25) is 0 Å². The number of amides is 6. The Balaban J connectivity index is 0.000000270.